The van der Waals surface area contributed by atoms with Gasteiger partial charge in [0.1, 0.15) is 5.52 Å². The van der Waals surface area contributed by atoms with E-state index < -0.39 is 0 Å². The Morgan fingerprint density at radius 1 is 1.13 bits per heavy atom. The summed E-state index contributed by atoms with van der Waals surface area (Å²) in [6.07, 6.45) is 8.42. The summed E-state index contributed by atoms with van der Waals surface area (Å²) in [4.78, 5) is 12.4. The molecular formula is C25H29N5O. The van der Waals surface area contributed by atoms with Crippen molar-refractivity contribution < 1.29 is 4.74 Å². The topological polar surface area (TPSA) is 69.2 Å². The number of ether oxygens (including phenoxy) is 1. The van der Waals surface area contributed by atoms with E-state index in [0.29, 0.717) is 6.61 Å². The normalized spacial score (nSPS) is 22.7. The molecule has 31 heavy (non-hydrogen) atoms. The summed E-state index contributed by atoms with van der Waals surface area (Å²) in [6, 6.07) is 10.9. The van der Waals surface area contributed by atoms with Gasteiger partial charge in [-0.3, -0.25) is 0 Å². The fraction of sp³-hybridized carbons (Fsp3) is 0.440. The fourth-order valence-corrected chi connectivity index (χ4v) is 5.75. The SMILES string of the molecule is Cc1nc2c(ccn2C2=CCOCC2)nc1N1CCC2(CC1)Cc1ccccc1[C@H]2N. The minimum Gasteiger partial charge on any atom is -0.377 e. The zero-order valence-corrected chi connectivity index (χ0v) is 18.1. The van der Waals surface area contributed by atoms with Crippen molar-refractivity contribution in [3.63, 3.8) is 0 Å². The van der Waals surface area contributed by atoms with Crippen molar-refractivity contribution in [1.29, 1.82) is 0 Å². The maximum Gasteiger partial charge on any atom is 0.163 e. The number of anilines is 1. The number of fused-ring (bicyclic) bond motifs is 2. The third kappa shape index (κ3) is 3.00. The highest BCUT2D eigenvalue weighted by Gasteiger charge is 2.46. The highest BCUT2D eigenvalue weighted by atomic mass is 16.5. The number of aromatic nitrogens is 3. The van der Waals surface area contributed by atoms with E-state index in [0.717, 1.165) is 68.1 Å². The third-order valence-corrected chi connectivity index (χ3v) is 7.56. The van der Waals surface area contributed by atoms with Gasteiger partial charge in [-0.15, -0.1) is 0 Å². The van der Waals surface area contributed by atoms with Gasteiger partial charge in [-0.2, -0.15) is 0 Å². The van der Waals surface area contributed by atoms with Crippen LogP contribution in [0.2, 0.25) is 0 Å². The lowest BCUT2D eigenvalue weighted by molar-refractivity contribution is 0.160. The van der Waals surface area contributed by atoms with Gasteiger partial charge >= 0.3 is 0 Å². The molecule has 6 rings (SSSR count). The molecule has 1 aromatic carbocycles. The first-order chi connectivity index (χ1) is 15.1. The fourth-order valence-electron chi connectivity index (χ4n) is 5.75. The van der Waals surface area contributed by atoms with Crippen molar-refractivity contribution in [1.82, 2.24) is 14.5 Å². The summed E-state index contributed by atoms with van der Waals surface area (Å²) >= 11 is 0. The number of rotatable bonds is 2. The molecule has 0 unspecified atom stereocenters. The Balaban J connectivity index is 1.25. The van der Waals surface area contributed by atoms with Crippen LogP contribution in [0.25, 0.3) is 16.9 Å². The van der Waals surface area contributed by atoms with Gasteiger partial charge in [0.15, 0.2) is 11.5 Å². The Morgan fingerprint density at radius 2 is 1.97 bits per heavy atom. The second-order valence-corrected chi connectivity index (χ2v) is 9.25. The molecule has 160 valence electrons. The van der Waals surface area contributed by atoms with Crippen LogP contribution >= 0.6 is 0 Å². The Kier molecular flexibility index (Phi) is 4.40. The van der Waals surface area contributed by atoms with Crippen molar-refractivity contribution in [2.24, 2.45) is 11.1 Å². The van der Waals surface area contributed by atoms with Crippen LogP contribution in [0.5, 0.6) is 0 Å². The van der Waals surface area contributed by atoms with E-state index in [1.807, 2.05) is 0 Å². The lowest BCUT2D eigenvalue weighted by Gasteiger charge is -2.42. The van der Waals surface area contributed by atoms with Crippen LogP contribution in [0, 0.1) is 12.3 Å². The molecule has 0 amide bonds. The summed E-state index contributed by atoms with van der Waals surface area (Å²) in [5, 5.41) is 0. The van der Waals surface area contributed by atoms with Crippen LogP contribution in [-0.2, 0) is 11.2 Å². The van der Waals surface area contributed by atoms with Crippen molar-refractivity contribution in [2.75, 3.05) is 31.2 Å². The van der Waals surface area contributed by atoms with Gasteiger partial charge < -0.3 is 19.9 Å². The molecule has 3 aromatic rings. The molecule has 1 spiro atoms. The standard InChI is InChI=1S/C25H29N5O/c1-17-23(28-21-6-11-30(24(21)27-17)19-7-14-31-15-8-19)29-12-9-25(10-13-29)16-18-4-2-3-5-20(18)22(25)26/h2-7,11,22H,8-10,12-16,26H2,1H3/t22-/m1/s1. The predicted molar refractivity (Wildman–Crippen MR) is 123 cm³/mol. The van der Waals surface area contributed by atoms with E-state index in [2.05, 4.69) is 59.0 Å². The third-order valence-electron chi connectivity index (χ3n) is 7.56. The Morgan fingerprint density at radius 3 is 2.74 bits per heavy atom. The molecule has 1 atom stereocenters. The van der Waals surface area contributed by atoms with Crippen LogP contribution in [-0.4, -0.2) is 40.8 Å². The van der Waals surface area contributed by atoms with Gasteiger partial charge in [0.05, 0.1) is 18.9 Å². The number of nitrogens with two attached hydrogens (primary N) is 1. The summed E-state index contributed by atoms with van der Waals surface area (Å²) in [6.45, 7) is 5.47. The number of aryl methyl sites for hydroxylation is 1. The summed E-state index contributed by atoms with van der Waals surface area (Å²) in [5.41, 5.74) is 13.9. The van der Waals surface area contributed by atoms with E-state index in [-0.39, 0.29) is 11.5 Å². The predicted octanol–water partition coefficient (Wildman–Crippen LogP) is 3.84. The van der Waals surface area contributed by atoms with E-state index in [1.54, 1.807) is 0 Å². The van der Waals surface area contributed by atoms with Gasteiger partial charge in [0.2, 0.25) is 0 Å². The zero-order chi connectivity index (χ0) is 21.0. The second-order valence-electron chi connectivity index (χ2n) is 9.25. The number of hydrogen-bond donors (Lipinski definition) is 1. The van der Waals surface area contributed by atoms with Crippen molar-refractivity contribution in [2.45, 2.75) is 38.6 Å². The van der Waals surface area contributed by atoms with E-state index in [4.69, 9.17) is 20.4 Å². The van der Waals surface area contributed by atoms with Crippen molar-refractivity contribution >= 4 is 22.7 Å². The first kappa shape index (κ1) is 19.0. The monoisotopic (exact) mass is 415 g/mol. The largest absolute Gasteiger partial charge is 0.377 e. The Hall–Kier alpha value is -2.70. The van der Waals surface area contributed by atoms with E-state index in [9.17, 15) is 0 Å². The molecule has 2 aromatic heterocycles. The molecule has 2 aliphatic heterocycles. The highest BCUT2D eigenvalue weighted by molar-refractivity contribution is 5.78. The summed E-state index contributed by atoms with van der Waals surface area (Å²) in [7, 11) is 0. The number of nitrogens with zero attached hydrogens (tertiary/aromatic N) is 4. The highest BCUT2D eigenvalue weighted by Crippen LogP contribution is 2.51. The van der Waals surface area contributed by atoms with Crippen molar-refractivity contribution in [3.8, 4) is 0 Å². The van der Waals surface area contributed by atoms with Crippen LogP contribution in [0.3, 0.4) is 0 Å². The van der Waals surface area contributed by atoms with Crippen LogP contribution in [0.1, 0.15) is 42.1 Å². The molecule has 6 nitrogen and oxygen atoms in total. The Labute approximate surface area is 182 Å². The summed E-state index contributed by atoms with van der Waals surface area (Å²) in [5.74, 6) is 1.02. The molecule has 3 aliphatic rings. The lowest BCUT2D eigenvalue weighted by Crippen LogP contribution is -2.44. The molecule has 1 aliphatic carbocycles. The first-order valence-corrected chi connectivity index (χ1v) is 11.4. The Bertz CT molecular complexity index is 1170. The molecule has 6 heteroatoms. The average molecular weight is 416 g/mol. The quantitative estimate of drug-likeness (QED) is 0.689. The number of piperidine rings is 1. The molecular weight excluding hydrogens is 386 g/mol. The lowest BCUT2D eigenvalue weighted by atomic mass is 9.73. The maximum atomic E-state index is 6.75. The van der Waals surface area contributed by atoms with E-state index >= 15 is 0 Å². The average Bonchev–Trinajstić information content (AvgIpc) is 3.33. The van der Waals surface area contributed by atoms with Gasteiger partial charge in [0, 0.05) is 37.4 Å². The zero-order valence-electron chi connectivity index (χ0n) is 18.1. The molecule has 1 saturated heterocycles. The maximum absolute atomic E-state index is 6.75. The molecule has 2 N–H and O–H groups in total. The summed E-state index contributed by atoms with van der Waals surface area (Å²) < 4.78 is 7.63. The first-order valence-electron chi connectivity index (χ1n) is 11.4. The van der Waals surface area contributed by atoms with Crippen LogP contribution in [0.4, 0.5) is 5.82 Å². The van der Waals surface area contributed by atoms with Gasteiger partial charge in [-0.05, 0) is 54.9 Å². The van der Waals surface area contributed by atoms with Crippen molar-refractivity contribution in [3.05, 3.63) is 59.4 Å². The number of hydrogen-bond acceptors (Lipinski definition) is 5. The number of benzene rings is 1. The van der Waals surface area contributed by atoms with Crippen LogP contribution in [0.15, 0.2) is 42.6 Å². The molecule has 0 bridgehead atoms. The molecule has 4 heterocycles. The van der Waals surface area contributed by atoms with Gasteiger partial charge in [-0.25, -0.2) is 9.97 Å². The molecule has 0 radical (unpaired) electrons. The molecule has 0 saturated carbocycles. The molecule has 1 fully saturated rings. The van der Waals surface area contributed by atoms with Crippen LogP contribution < -0.4 is 10.6 Å². The van der Waals surface area contributed by atoms with Gasteiger partial charge in [0.25, 0.3) is 0 Å². The minimum absolute atomic E-state index is 0.141. The smallest absolute Gasteiger partial charge is 0.163 e. The minimum atomic E-state index is 0.141. The van der Waals surface area contributed by atoms with Gasteiger partial charge in [-0.1, -0.05) is 24.3 Å². The second kappa shape index (κ2) is 7.18. The van der Waals surface area contributed by atoms with E-state index in [1.165, 1.54) is 16.8 Å².